The van der Waals surface area contributed by atoms with E-state index in [1.165, 1.54) is 5.56 Å². The van der Waals surface area contributed by atoms with Crippen molar-refractivity contribution in [3.05, 3.63) is 70.1 Å². The van der Waals surface area contributed by atoms with Crippen LogP contribution in [0.2, 0.25) is 0 Å². The molecule has 1 N–H and O–H groups in total. The van der Waals surface area contributed by atoms with Crippen molar-refractivity contribution in [1.82, 2.24) is 14.9 Å². The first-order chi connectivity index (χ1) is 14.6. The van der Waals surface area contributed by atoms with Crippen molar-refractivity contribution in [2.75, 3.05) is 36.4 Å². The fourth-order valence-electron chi connectivity index (χ4n) is 3.31. The Labute approximate surface area is 180 Å². The second-order valence-electron chi connectivity index (χ2n) is 7.35. The van der Waals surface area contributed by atoms with Crippen LogP contribution in [-0.2, 0) is 4.79 Å². The van der Waals surface area contributed by atoms with Gasteiger partial charge in [0.2, 0.25) is 11.9 Å². The van der Waals surface area contributed by atoms with Gasteiger partial charge in [-0.1, -0.05) is 23.8 Å². The Hall–Kier alpha value is -3.19. The number of nitrogens with zero attached hydrogens (tertiary/aromatic N) is 4. The molecule has 4 rings (SSSR count). The van der Waals surface area contributed by atoms with Gasteiger partial charge in [0.1, 0.15) is 5.82 Å². The maximum atomic E-state index is 12.5. The highest BCUT2D eigenvalue weighted by atomic mass is 32.1. The van der Waals surface area contributed by atoms with Crippen LogP contribution < -0.4 is 10.2 Å². The molecule has 1 fully saturated rings. The van der Waals surface area contributed by atoms with E-state index < -0.39 is 0 Å². The summed E-state index contributed by atoms with van der Waals surface area (Å²) < 4.78 is 0. The summed E-state index contributed by atoms with van der Waals surface area (Å²) in [6, 6.07) is 14.2. The van der Waals surface area contributed by atoms with E-state index >= 15 is 0 Å². The maximum Gasteiger partial charge on any atom is 0.246 e. The SMILES string of the molecule is Cc1ccc(Nc2cc(C)nc(N3CCN(C(=O)/C=C/c4cccs4)CC3)n2)cc1. The minimum atomic E-state index is 0.0509. The lowest BCUT2D eigenvalue weighted by atomic mass is 10.2. The van der Waals surface area contributed by atoms with E-state index in [1.807, 2.05) is 53.6 Å². The summed E-state index contributed by atoms with van der Waals surface area (Å²) in [4.78, 5) is 26.9. The Kier molecular flexibility index (Phi) is 6.09. The number of hydrogen-bond donors (Lipinski definition) is 1. The molecule has 3 heterocycles. The van der Waals surface area contributed by atoms with Gasteiger partial charge in [0.25, 0.3) is 0 Å². The van der Waals surface area contributed by atoms with Crippen LogP contribution in [-0.4, -0.2) is 47.0 Å². The summed E-state index contributed by atoms with van der Waals surface area (Å²) in [6.07, 6.45) is 3.54. The van der Waals surface area contributed by atoms with Crippen molar-refractivity contribution < 1.29 is 4.79 Å². The highest BCUT2D eigenvalue weighted by Gasteiger charge is 2.22. The van der Waals surface area contributed by atoms with E-state index in [2.05, 4.69) is 34.3 Å². The first kappa shape index (κ1) is 20.1. The van der Waals surface area contributed by atoms with Gasteiger partial charge >= 0.3 is 0 Å². The number of anilines is 3. The smallest absolute Gasteiger partial charge is 0.246 e. The summed E-state index contributed by atoms with van der Waals surface area (Å²) in [5, 5.41) is 5.36. The van der Waals surface area contributed by atoms with E-state index in [-0.39, 0.29) is 5.91 Å². The van der Waals surface area contributed by atoms with E-state index in [0.717, 1.165) is 22.1 Å². The van der Waals surface area contributed by atoms with Gasteiger partial charge in [-0.25, -0.2) is 4.98 Å². The summed E-state index contributed by atoms with van der Waals surface area (Å²) in [5.41, 5.74) is 3.13. The van der Waals surface area contributed by atoms with Crippen LogP contribution in [0.3, 0.4) is 0 Å². The molecule has 0 radical (unpaired) electrons. The molecule has 30 heavy (non-hydrogen) atoms. The molecule has 0 bridgehead atoms. The van der Waals surface area contributed by atoms with Crippen LogP contribution in [0.4, 0.5) is 17.5 Å². The number of piperazine rings is 1. The Morgan fingerprint density at radius 2 is 1.83 bits per heavy atom. The van der Waals surface area contributed by atoms with Crippen molar-refractivity contribution in [1.29, 1.82) is 0 Å². The molecule has 7 heteroatoms. The number of thiophene rings is 1. The van der Waals surface area contributed by atoms with Crippen molar-refractivity contribution >= 4 is 40.8 Å². The van der Waals surface area contributed by atoms with Crippen molar-refractivity contribution in [2.24, 2.45) is 0 Å². The second kappa shape index (κ2) is 9.09. The fraction of sp³-hybridized carbons (Fsp3) is 0.261. The molecule has 0 spiro atoms. The zero-order valence-corrected chi connectivity index (χ0v) is 18.0. The van der Waals surface area contributed by atoms with Crippen molar-refractivity contribution in [3.63, 3.8) is 0 Å². The zero-order chi connectivity index (χ0) is 20.9. The largest absolute Gasteiger partial charge is 0.340 e. The number of amides is 1. The van der Waals surface area contributed by atoms with Crippen molar-refractivity contribution in [2.45, 2.75) is 13.8 Å². The Morgan fingerprint density at radius 3 is 2.53 bits per heavy atom. The van der Waals surface area contributed by atoms with Gasteiger partial charge in [0, 0.05) is 54.6 Å². The molecule has 2 aromatic heterocycles. The number of aromatic nitrogens is 2. The average molecular weight is 420 g/mol. The monoisotopic (exact) mass is 419 g/mol. The summed E-state index contributed by atoms with van der Waals surface area (Å²) in [7, 11) is 0. The molecule has 1 aliphatic heterocycles. The Bertz CT molecular complexity index is 1020. The first-order valence-corrected chi connectivity index (χ1v) is 10.9. The van der Waals surface area contributed by atoms with Crippen LogP contribution in [0, 0.1) is 13.8 Å². The van der Waals surface area contributed by atoms with Gasteiger partial charge in [0.15, 0.2) is 0 Å². The fourth-order valence-corrected chi connectivity index (χ4v) is 3.93. The molecule has 1 aliphatic rings. The number of benzene rings is 1. The normalized spacial score (nSPS) is 14.3. The molecule has 0 atom stereocenters. The molecule has 1 aromatic carbocycles. The molecule has 0 unspecified atom stereocenters. The summed E-state index contributed by atoms with van der Waals surface area (Å²) in [5.74, 6) is 1.53. The van der Waals surface area contributed by atoms with Gasteiger partial charge in [-0.2, -0.15) is 4.98 Å². The third kappa shape index (κ3) is 5.04. The molecule has 1 saturated heterocycles. The standard InChI is InChI=1S/C23H25N5OS/c1-17-5-7-19(8-6-17)25-21-16-18(2)24-23(26-21)28-13-11-27(12-14-28)22(29)10-9-20-4-3-15-30-20/h3-10,15-16H,11-14H2,1-2H3,(H,24,25,26)/b10-9+. The van der Waals surface area contributed by atoms with Gasteiger partial charge in [-0.3, -0.25) is 4.79 Å². The average Bonchev–Trinajstić information content (AvgIpc) is 3.27. The van der Waals surface area contributed by atoms with Crippen LogP contribution in [0.5, 0.6) is 0 Å². The van der Waals surface area contributed by atoms with E-state index in [0.29, 0.717) is 32.1 Å². The third-order valence-corrected chi connectivity index (χ3v) is 5.81. The minimum Gasteiger partial charge on any atom is -0.340 e. The topological polar surface area (TPSA) is 61.4 Å². The Morgan fingerprint density at radius 1 is 1.07 bits per heavy atom. The van der Waals surface area contributed by atoms with E-state index in [1.54, 1.807) is 17.4 Å². The molecule has 3 aromatic rings. The molecule has 1 amide bonds. The number of nitrogens with one attached hydrogen (secondary N) is 1. The summed E-state index contributed by atoms with van der Waals surface area (Å²) in [6.45, 7) is 6.79. The lowest BCUT2D eigenvalue weighted by Crippen LogP contribution is -2.48. The maximum absolute atomic E-state index is 12.5. The lowest BCUT2D eigenvalue weighted by molar-refractivity contribution is -0.126. The van der Waals surface area contributed by atoms with Crippen molar-refractivity contribution in [3.8, 4) is 0 Å². The number of carbonyl (C=O) groups is 1. The molecule has 6 nitrogen and oxygen atoms in total. The van der Waals surface area contributed by atoms with Crippen LogP contribution in [0.25, 0.3) is 6.08 Å². The summed E-state index contributed by atoms with van der Waals surface area (Å²) >= 11 is 1.62. The number of rotatable bonds is 5. The van der Waals surface area contributed by atoms with Gasteiger partial charge in [0.05, 0.1) is 0 Å². The lowest BCUT2D eigenvalue weighted by Gasteiger charge is -2.34. The zero-order valence-electron chi connectivity index (χ0n) is 17.2. The van der Waals surface area contributed by atoms with Crippen LogP contribution >= 0.6 is 11.3 Å². The van der Waals surface area contributed by atoms with Crippen LogP contribution in [0.15, 0.2) is 53.9 Å². The third-order valence-electron chi connectivity index (χ3n) is 4.97. The highest BCUT2D eigenvalue weighted by molar-refractivity contribution is 7.10. The predicted octanol–water partition coefficient (Wildman–Crippen LogP) is 4.26. The predicted molar refractivity (Wildman–Crippen MR) is 123 cm³/mol. The second-order valence-corrected chi connectivity index (χ2v) is 8.33. The number of carbonyl (C=O) groups excluding carboxylic acids is 1. The van der Waals surface area contributed by atoms with Crippen LogP contribution in [0.1, 0.15) is 16.1 Å². The van der Waals surface area contributed by atoms with Gasteiger partial charge < -0.3 is 15.1 Å². The van der Waals surface area contributed by atoms with Gasteiger partial charge in [-0.05, 0) is 43.5 Å². The minimum absolute atomic E-state index is 0.0509. The first-order valence-electron chi connectivity index (χ1n) is 10.0. The number of hydrogen-bond acceptors (Lipinski definition) is 6. The van der Waals surface area contributed by atoms with E-state index in [9.17, 15) is 4.79 Å². The van der Waals surface area contributed by atoms with E-state index in [4.69, 9.17) is 4.98 Å². The molecular formula is C23H25N5OS. The molecular weight excluding hydrogens is 394 g/mol. The molecule has 154 valence electrons. The number of aryl methyl sites for hydroxylation is 2. The molecule has 0 aliphatic carbocycles. The van der Waals surface area contributed by atoms with Gasteiger partial charge in [-0.15, -0.1) is 11.3 Å². The molecule has 0 saturated carbocycles. The highest BCUT2D eigenvalue weighted by Crippen LogP contribution is 2.20. The Balaban J connectivity index is 1.38. The quantitative estimate of drug-likeness (QED) is 0.626.